The molecule has 3 rings (SSSR count). The van der Waals surface area contributed by atoms with Crippen molar-refractivity contribution >= 4 is 18.9 Å². The third kappa shape index (κ3) is 4.11. The highest BCUT2D eigenvalue weighted by molar-refractivity contribution is 6.61. The highest BCUT2D eigenvalue weighted by Crippen LogP contribution is 2.21. The summed E-state index contributed by atoms with van der Waals surface area (Å²) in [5, 5.41) is 0. The van der Waals surface area contributed by atoms with Crippen molar-refractivity contribution < 1.29 is 14.1 Å². The molecule has 1 aromatic heterocycles. The van der Waals surface area contributed by atoms with E-state index < -0.39 is 0 Å². The van der Waals surface area contributed by atoms with Crippen LogP contribution in [0.1, 0.15) is 35.5 Å². The Morgan fingerprint density at radius 3 is 2.25 bits per heavy atom. The Hall–Kier alpha value is -2.42. The maximum Gasteiger partial charge on any atom is 0.493 e. The van der Waals surface area contributed by atoms with Crippen LogP contribution in [0.25, 0.3) is 0 Å². The lowest BCUT2D eigenvalue weighted by Gasteiger charge is -2.33. The van der Waals surface area contributed by atoms with Gasteiger partial charge in [0.1, 0.15) is 5.69 Å². The van der Waals surface area contributed by atoms with E-state index in [-0.39, 0.29) is 12.5 Å². The smallest absolute Gasteiger partial charge is 0.407 e. The van der Waals surface area contributed by atoms with E-state index in [1.54, 1.807) is 18.3 Å². The van der Waals surface area contributed by atoms with Crippen molar-refractivity contribution in [3.05, 3.63) is 59.4 Å². The lowest BCUT2D eigenvalue weighted by molar-refractivity contribution is 0.0343. The fourth-order valence-corrected chi connectivity index (χ4v) is 2.30. The van der Waals surface area contributed by atoms with Gasteiger partial charge in [0, 0.05) is 36.0 Å². The standard InChI is InChI=1S/C19H18BNO3/c1-19(2)13-23-20(24-14-19)17-8-5-15(6-9-17)3-4-16-7-10-18(12-22)21-11-16/h5-12H,13-14H2,1-2H3. The lowest BCUT2D eigenvalue weighted by Crippen LogP contribution is -2.47. The molecule has 0 bridgehead atoms. The molecule has 0 aliphatic carbocycles. The molecule has 2 heterocycles. The van der Waals surface area contributed by atoms with Crippen LogP contribution in [0.4, 0.5) is 0 Å². The zero-order chi connectivity index (χ0) is 17.0. The van der Waals surface area contributed by atoms with Gasteiger partial charge < -0.3 is 9.31 Å². The number of rotatable bonds is 2. The second kappa shape index (κ2) is 7.00. The molecule has 1 aliphatic rings. The van der Waals surface area contributed by atoms with Gasteiger partial charge in [-0.3, -0.25) is 9.78 Å². The first-order valence-electron chi connectivity index (χ1n) is 7.82. The summed E-state index contributed by atoms with van der Waals surface area (Å²) in [4.78, 5) is 14.6. The molecule has 0 atom stereocenters. The molecule has 2 aromatic rings. The van der Waals surface area contributed by atoms with Crippen LogP contribution in [0, 0.1) is 17.3 Å². The number of hydrogen-bond acceptors (Lipinski definition) is 4. The second-order valence-electron chi connectivity index (χ2n) is 6.58. The molecule has 1 fully saturated rings. The van der Waals surface area contributed by atoms with Crippen molar-refractivity contribution in [1.82, 2.24) is 4.98 Å². The second-order valence-corrected chi connectivity index (χ2v) is 6.58. The lowest BCUT2D eigenvalue weighted by atomic mass is 9.76. The number of aldehydes is 1. The SMILES string of the molecule is CC1(C)COB(c2ccc(C#Cc3ccc(C=O)nc3)cc2)OC1. The molecular formula is C19H18BNO3. The van der Waals surface area contributed by atoms with Gasteiger partial charge in [0.25, 0.3) is 0 Å². The van der Waals surface area contributed by atoms with Gasteiger partial charge in [0.2, 0.25) is 0 Å². The van der Waals surface area contributed by atoms with Crippen LogP contribution in [0.2, 0.25) is 0 Å². The zero-order valence-corrected chi connectivity index (χ0v) is 13.8. The highest BCUT2D eigenvalue weighted by atomic mass is 16.6. The van der Waals surface area contributed by atoms with E-state index in [1.807, 2.05) is 24.3 Å². The van der Waals surface area contributed by atoms with Crippen molar-refractivity contribution in [3.8, 4) is 11.8 Å². The Bertz CT molecular complexity index is 763. The fourth-order valence-electron chi connectivity index (χ4n) is 2.30. The van der Waals surface area contributed by atoms with Crippen LogP contribution < -0.4 is 5.46 Å². The predicted octanol–water partition coefficient (Wildman–Crippen LogP) is 2.06. The van der Waals surface area contributed by atoms with E-state index in [0.29, 0.717) is 25.2 Å². The van der Waals surface area contributed by atoms with E-state index in [4.69, 9.17) is 9.31 Å². The topological polar surface area (TPSA) is 48.4 Å². The Balaban J connectivity index is 1.67. The summed E-state index contributed by atoms with van der Waals surface area (Å²) in [5.41, 5.74) is 3.13. The van der Waals surface area contributed by atoms with Gasteiger partial charge in [-0.15, -0.1) is 0 Å². The molecular weight excluding hydrogens is 301 g/mol. The summed E-state index contributed by atoms with van der Waals surface area (Å²) in [6.45, 7) is 5.61. The zero-order valence-electron chi connectivity index (χ0n) is 13.8. The monoisotopic (exact) mass is 319 g/mol. The Labute approximate surface area is 142 Å². The quantitative estimate of drug-likeness (QED) is 0.483. The average molecular weight is 319 g/mol. The number of hydrogen-bond donors (Lipinski definition) is 0. The molecule has 120 valence electrons. The van der Waals surface area contributed by atoms with Crippen molar-refractivity contribution in [3.63, 3.8) is 0 Å². The van der Waals surface area contributed by atoms with Crippen molar-refractivity contribution in [1.29, 1.82) is 0 Å². The van der Waals surface area contributed by atoms with Crippen LogP contribution in [0.3, 0.4) is 0 Å². The number of aromatic nitrogens is 1. The Morgan fingerprint density at radius 1 is 1.04 bits per heavy atom. The maximum atomic E-state index is 10.6. The summed E-state index contributed by atoms with van der Waals surface area (Å²) >= 11 is 0. The molecule has 1 saturated heterocycles. The molecule has 0 N–H and O–H groups in total. The minimum Gasteiger partial charge on any atom is -0.407 e. The van der Waals surface area contributed by atoms with Crippen LogP contribution in [-0.4, -0.2) is 31.6 Å². The number of pyridine rings is 1. The molecule has 1 aliphatic heterocycles. The van der Waals surface area contributed by atoms with E-state index in [2.05, 4.69) is 30.7 Å². The van der Waals surface area contributed by atoms with E-state index in [9.17, 15) is 4.79 Å². The fraction of sp³-hybridized carbons (Fsp3) is 0.263. The van der Waals surface area contributed by atoms with Crippen molar-refractivity contribution in [2.75, 3.05) is 13.2 Å². The van der Waals surface area contributed by atoms with Gasteiger partial charge in [-0.1, -0.05) is 37.8 Å². The minimum absolute atomic E-state index is 0.0648. The number of carbonyl (C=O) groups is 1. The third-order valence-corrected chi connectivity index (χ3v) is 3.69. The van der Waals surface area contributed by atoms with E-state index >= 15 is 0 Å². The van der Waals surface area contributed by atoms with E-state index in [1.165, 1.54) is 0 Å². The van der Waals surface area contributed by atoms with Crippen LogP contribution in [0.15, 0.2) is 42.6 Å². The third-order valence-electron chi connectivity index (χ3n) is 3.69. The Kier molecular flexibility index (Phi) is 4.80. The van der Waals surface area contributed by atoms with Crippen molar-refractivity contribution in [2.45, 2.75) is 13.8 Å². The largest absolute Gasteiger partial charge is 0.493 e. The minimum atomic E-state index is -0.305. The molecule has 0 saturated carbocycles. The van der Waals surface area contributed by atoms with Gasteiger partial charge in [0.15, 0.2) is 6.29 Å². The number of nitrogens with zero attached hydrogens (tertiary/aromatic N) is 1. The van der Waals surface area contributed by atoms with Crippen LogP contribution in [0.5, 0.6) is 0 Å². The first kappa shape index (κ1) is 16.4. The molecule has 0 spiro atoms. The maximum absolute atomic E-state index is 10.6. The number of benzene rings is 1. The molecule has 4 nitrogen and oxygen atoms in total. The van der Waals surface area contributed by atoms with Crippen molar-refractivity contribution in [2.24, 2.45) is 5.41 Å². The van der Waals surface area contributed by atoms with Gasteiger partial charge in [-0.05, 0) is 29.7 Å². The number of carbonyl (C=O) groups excluding carboxylic acids is 1. The predicted molar refractivity (Wildman–Crippen MR) is 93.1 cm³/mol. The van der Waals surface area contributed by atoms with Gasteiger partial charge >= 0.3 is 7.12 Å². The van der Waals surface area contributed by atoms with Crippen LogP contribution >= 0.6 is 0 Å². The van der Waals surface area contributed by atoms with Crippen LogP contribution in [-0.2, 0) is 9.31 Å². The summed E-state index contributed by atoms with van der Waals surface area (Å²) in [7, 11) is -0.305. The molecule has 0 amide bonds. The molecule has 0 radical (unpaired) electrons. The van der Waals surface area contributed by atoms with Gasteiger partial charge in [-0.25, -0.2) is 0 Å². The molecule has 1 aromatic carbocycles. The first-order chi connectivity index (χ1) is 11.6. The average Bonchev–Trinajstić information content (AvgIpc) is 2.61. The molecule has 24 heavy (non-hydrogen) atoms. The Morgan fingerprint density at radius 2 is 1.67 bits per heavy atom. The normalized spacial score (nSPS) is 16.2. The summed E-state index contributed by atoms with van der Waals surface area (Å²) < 4.78 is 11.6. The summed E-state index contributed by atoms with van der Waals surface area (Å²) in [6.07, 6.45) is 2.31. The summed E-state index contributed by atoms with van der Waals surface area (Å²) in [6, 6.07) is 11.3. The highest BCUT2D eigenvalue weighted by Gasteiger charge is 2.33. The van der Waals surface area contributed by atoms with Gasteiger partial charge in [-0.2, -0.15) is 0 Å². The summed E-state index contributed by atoms with van der Waals surface area (Å²) in [5.74, 6) is 6.11. The van der Waals surface area contributed by atoms with Gasteiger partial charge in [0.05, 0.1) is 0 Å². The molecule has 5 heteroatoms. The van der Waals surface area contributed by atoms with E-state index in [0.717, 1.165) is 16.6 Å². The molecule has 0 unspecified atom stereocenters. The first-order valence-corrected chi connectivity index (χ1v) is 7.82.